The smallest absolute Gasteiger partial charge is 0.414 e. The first-order chi connectivity index (χ1) is 9.56. The quantitative estimate of drug-likeness (QED) is 0.679. The van der Waals surface area contributed by atoms with Gasteiger partial charge in [0.25, 0.3) is 0 Å². The molecule has 3 N–H and O–H groups in total. The van der Waals surface area contributed by atoms with E-state index in [0.29, 0.717) is 0 Å². The van der Waals surface area contributed by atoms with Crippen LogP contribution in [-0.4, -0.2) is 49.0 Å². The standard InChI is InChI=1S/C11H15NO2.C2H2O4/c1-13-11-5-3-2-4-9(11)10-8-14-7-6-12-10;3-1(4)2(5)6/h2-5,10,12H,6-8H2,1H3;(H,3,4)(H,5,6). The van der Waals surface area contributed by atoms with Crippen molar-refractivity contribution >= 4 is 11.9 Å². The zero-order valence-electron chi connectivity index (χ0n) is 11.0. The second-order valence-electron chi connectivity index (χ2n) is 3.93. The molecule has 0 saturated carbocycles. The molecule has 7 nitrogen and oxygen atoms in total. The molecule has 1 aliphatic heterocycles. The Hall–Kier alpha value is -2.12. The molecule has 1 unspecified atom stereocenters. The second kappa shape index (κ2) is 8.13. The Morgan fingerprint density at radius 2 is 1.95 bits per heavy atom. The molecular formula is C13H17NO6. The molecule has 0 bridgehead atoms. The number of hydrogen-bond acceptors (Lipinski definition) is 5. The molecule has 7 heteroatoms. The zero-order valence-corrected chi connectivity index (χ0v) is 11.0. The number of morpholine rings is 1. The first-order valence-corrected chi connectivity index (χ1v) is 5.96. The van der Waals surface area contributed by atoms with E-state index in [9.17, 15) is 0 Å². The van der Waals surface area contributed by atoms with E-state index in [1.165, 1.54) is 5.56 Å². The molecule has 0 aliphatic carbocycles. The number of aliphatic carboxylic acids is 2. The number of rotatable bonds is 2. The average molecular weight is 283 g/mol. The summed E-state index contributed by atoms with van der Waals surface area (Å²) in [6.45, 7) is 2.43. The first kappa shape index (κ1) is 15.9. The van der Waals surface area contributed by atoms with Crippen LogP contribution in [0.2, 0.25) is 0 Å². The third-order valence-electron chi connectivity index (χ3n) is 2.62. The van der Waals surface area contributed by atoms with E-state index in [1.54, 1.807) is 7.11 Å². The molecule has 0 aromatic heterocycles. The van der Waals surface area contributed by atoms with Crippen LogP contribution in [0.25, 0.3) is 0 Å². The van der Waals surface area contributed by atoms with Gasteiger partial charge in [0, 0.05) is 12.1 Å². The van der Waals surface area contributed by atoms with E-state index in [-0.39, 0.29) is 6.04 Å². The summed E-state index contributed by atoms with van der Waals surface area (Å²) < 4.78 is 10.7. The predicted octanol–water partition coefficient (Wildman–Crippen LogP) is 0.512. The maximum atomic E-state index is 9.10. The highest BCUT2D eigenvalue weighted by atomic mass is 16.5. The summed E-state index contributed by atoms with van der Waals surface area (Å²) in [5.41, 5.74) is 1.18. The van der Waals surface area contributed by atoms with Crippen molar-refractivity contribution in [3.05, 3.63) is 29.8 Å². The Bertz CT molecular complexity index is 444. The molecule has 1 aromatic carbocycles. The summed E-state index contributed by atoms with van der Waals surface area (Å²) in [5.74, 6) is -2.72. The molecule has 1 fully saturated rings. The van der Waals surface area contributed by atoms with Crippen molar-refractivity contribution in [3.63, 3.8) is 0 Å². The number of hydrogen-bond donors (Lipinski definition) is 3. The van der Waals surface area contributed by atoms with Gasteiger partial charge in [-0.15, -0.1) is 0 Å². The fraction of sp³-hybridized carbons (Fsp3) is 0.385. The van der Waals surface area contributed by atoms with Crippen LogP contribution in [0.4, 0.5) is 0 Å². The molecular weight excluding hydrogens is 266 g/mol. The van der Waals surface area contributed by atoms with E-state index in [2.05, 4.69) is 11.4 Å². The first-order valence-electron chi connectivity index (χ1n) is 5.96. The van der Waals surface area contributed by atoms with Gasteiger partial charge in [0.2, 0.25) is 0 Å². The van der Waals surface area contributed by atoms with Gasteiger partial charge < -0.3 is 25.0 Å². The van der Waals surface area contributed by atoms with Crippen LogP contribution in [0.15, 0.2) is 24.3 Å². The fourth-order valence-corrected chi connectivity index (χ4v) is 1.72. The Morgan fingerprint density at radius 3 is 2.45 bits per heavy atom. The van der Waals surface area contributed by atoms with E-state index >= 15 is 0 Å². The summed E-state index contributed by atoms with van der Waals surface area (Å²) in [4.78, 5) is 18.2. The number of para-hydroxylation sites is 1. The number of methoxy groups -OCH3 is 1. The van der Waals surface area contributed by atoms with Crippen molar-refractivity contribution in [2.24, 2.45) is 0 Å². The van der Waals surface area contributed by atoms with Gasteiger partial charge in [-0.25, -0.2) is 9.59 Å². The van der Waals surface area contributed by atoms with Crippen LogP contribution < -0.4 is 10.1 Å². The van der Waals surface area contributed by atoms with Gasteiger partial charge in [-0.1, -0.05) is 18.2 Å². The number of carboxylic acids is 2. The lowest BCUT2D eigenvalue weighted by Crippen LogP contribution is -2.34. The summed E-state index contributed by atoms with van der Waals surface area (Å²) in [6, 6.07) is 8.32. The van der Waals surface area contributed by atoms with Crippen molar-refractivity contribution in [2.45, 2.75) is 6.04 Å². The van der Waals surface area contributed by atoms with Crippen LogP contribution in [0.1, 0.15) is 11.6 Å². The van der Waals surface area contributed by atoms with Gasteiger partial charge >= 0.3 is 11.9 Å². The Balaban J connectivity index is 0.000000286. The maximum Gasteiger partial charge on any atom is 0.414 e. The van der Waals surface area contributed by atoms with Crippen LogP contribution in [-0.2, 0) is 14.3 Å². The molecule has 0 spiro atoms. The van der Waals surface area contributed by atoms with Crippen molar-refractivity contribution in [1.82, 2.24) is 5.32 Å². The predicted molar refractivity (Wildman–Crippen MR) is 69.8 cm³/mol. The van der Waals surface area contributed by atoms with Crippen molar-refractivity contribution < 1.29 is 29.3 Å². The molecule has 1 atom stereocenters. The molecule has 110 valence electrons. The van der Waals surface area contributed by atoms with E-state index in [0.717, 1.165) is 25.5 Å². The van der Waals surface area contributed by atoms with Gasteiger partial charge in [-0.2, -0.15) is 0 Å². The molecule has 1 aliphatic rings. The minimum atomic E-state index is -1.82. The third kappa shape index (κ3) is 4.87. The summed E-state index contributed by atoms with van der Waals surface area (Å²) in [6.07, 6.45) is 0. The Labute approximate surface area is 116 Å². The molecule has 1 saturated heterocycles. The highest BCUT2D eigenvalue weighted by molar-refractivity contribution is 6.27. The highest BCUT2D eigenvalue weighted by Gasteiger charge is 2.18. The van der Waals surface area contributed by atoms with E-state index < -0.39 is 11.9 Å². The molecule has 1 heterocycles. The van der Waals surface area contributed by atoms with E-state index in [4.69, 9.17) is 29.3 Å². The molecule has 20 heavy (non-hydrogen) atoms. The van der Waals surface area contributed by atoms with Crippen LogP contribution in [0.3, 0.4) is 0 Å². The minimum absolute atomic E-state index is 0.264. The Morgan fingerprint density at radius 1 is 1.30 bits per heavy atom. The minimum Gasteiger partial charge on any atom is -0.496 e. The summed E-state index contributed by atoms with van der Waals surface area (Å²) in [5, 5.41) is 18.2. The fourth-order valence-electron chi connectivity index (χ4n) is 1.72. The second-order valence-corrected chi connectivity index (χ2v) is 3.93. The van der Waals surface area contributed by atoms with Crippen molar-refractivity contribution in [2.75, 3.05) is 26.9 Å². The molecule has 0 radical (unpaired) electrons. The lowest BCUT2D eigenvalue weighted by atomic mass is 10.1. The largest absolute Gasteiger partial charge is 0.496 e. The molecule has 2 rings (SSSR count). The van der Waals surface area contributed by atoms with Gasteiger partial charge in [-0.05, 0) is 6.07 Å². The SMILES string of the molecule is COc1ccccc1C1COCCN1.O=C(O)C(=O)O. The van der Waals surface area contributed by atoms with Gasteiger partial charge in [-0.3, -0.25) is 0 Å². The highest BCUT2D eigenvalue weighted by Crippen LogP contribution is 2.25. The average Bonchev–Trinajstić information content (AvgIpc) is 2.48. The van der Waals surface area contributed by atoms with Gasteiger partial charge in [0.15, 0.2) is 0 Å². The number of carboxylic acid groups (broad SMARTS) is 2. The monoisotopic (exact) mass is 283 g/mol. The van der Waals surface area contributed by atoms with Gasteiger partial charge in [0.05, 0.1) is 26.4 Å². The maximum absolute atomic E-state index is 9.10. The van der Waals surface area contributed by atoms with Crippen molar-refractivity contribution in [3.8, 4) is 5.75 Å². The summed E-state index contributed by atoms with van der Waals surface area (Å²) >= 11 is 0. The number of ether oxygens (including phenoxy) is 2. The number of benzene rings is 1. The van der Waals surface area contributed by atoms with Crippen molar-refractivity contribution in [1.29, 1.82) is 0 Å². The molecule has 0 amide bonds. The number of carbonyl (C=O) groups is 2. The van der Waals surface area contributed by atoms with E-state index in [1.807, 2.05) is 18.2 Å². The van der Waals surface area contributed by atoms with Gasteiger partial charge in [0.1, 0.15) is 5.75 Å². The topological polar surface area (TPSA) is 105 Å². The third-order valence-corrected chi connectivity index (χ3v) is 2.62. The number of nitrogens with one attached hydrogen (secondary N) is 1. The zero-order chi connectivity index (χ0) is 15.0. The lowest BCUT2D eigenvalue weighted by Gasteiger charge is -2.25. The van der Waals surface area contributed by atoms with Crippen LogP contribution in [0.5, 0.6) is 5.75 Å². The Kier molecular flexibility index (Phi) is 6.48. The summed E-state index contributed by atoms with van der Waals surface area (Å²) in [7, 11) is 1.70. The molecule has 1 aromatic rings. The lowest BCUT2D eigenvalue weighted by molar-refractivity contribution is -0.159. The normalized spacial score (nSPS) is 17.6. The van der Waals surface area contributed by atoms with Crippen LogP contribution >= 0.6 is 0 Å². The van der Waals surface area contributed by atoms with Crippen LogP contribution in [0, 0.1) is 0 Å².